The molecule has 0 aromatic heterocycles. The van der Waals surface area contributed by atoms with Gasteiger partial charge < -0.3 is 14.8 Å². The van der Waals surface area contributed by atoms with Crippen molar-refractivity contribution in [3.05, 3.63) is 48.0 Å². The molecule has 2 atom stereocenters. The Hall–Kier alpha value is -2.83. The van der Waals surface area contributed by atoms with E-state index < -0.39 is 35.7 Å². The number of imide groups is 1. The predicted octanol–water partition coefficient (Wildman–Crippen LogP) is 3.30. The number of alkyl carbamates (subject to hydrolysis) is 2. The van der Waals surface area contributed by atoms with Crippen LogP contribution in [0.3, 0.4) is 0 Å². The first-order chi connectivity index (χ1) is 12.7. The van der Waals surface area contributed by atoms with E-state index >= 15 is 0 Å². The van der Waals surface area contributed by atoms with Crippen molar-refractivity contribution < 1.29 is 23.9 Å². The maximum absolute atomic E-state index is 12.4. The zero-order valence-corrected chi connectivity index (χ0v) is 15.9. The molecule has 146 valence electrons. The summed E-state index contributed by atoms with van der Waals surface area (Å²) in [6.07, 6.45) is 3.24. The number of allylic oxidation sites excluding steroid dienone is 1. The van der Waals surface area contributed by atoms with Crippen molar-refractivity contribution in [2.45, 2.75) is 51.9 Å². The molecule has 1 aliphatic carbocycles. The minimum atomic E-state index is -0.799. The van der Waals surface area contributed by atoms with Gasteiger partial charge in [0, 0.05) is 6.04 Å². The maximum atomic E-state index is 12.4. The second-order valence-corrected chi connectivity index (χ2v) is 7.35. The van der Waals surface area contributed by atoms with E-state index in [0.29, 0.717) is 12.8 Å². The van der Waals surface area contributed by atoms with Gasteiger partial charge in [-0.25, -0.2) is 9.59 Å². The Bertz CT molecular complexity index is 694. The second-order valence-electron chi connectivity index (χ2n) is 7.35. The van der Waals surface area contributed by atoms with Gasteiger partial charge in [0.05, 0.1) is 5.92 Å². The van der Waals surface area contributed by atoms with Crippen molar-refractivity contribution in [1.29, 1.82) is 0 Å². The Balaban J connectivity index is 1.88. The van der Waals surface area contributed by atoms with E-state index in [1.165, 1.54) is 0 Å². The van der Waals surface area contributed by atoms with E-state index in [-0.39, 0.29) is 6.61 Å². The molecule has 7 heteroatoms. The minimum Gasteiger partial charge on any atom is -0.445 e. The molecule has 0 unspecified atom stereocenters. The van der Waals surface area contributed by atoms with Crippen LogP contribution in [0.25, 0.3) is 0 Å². The maximum Gasteiger partial charge on any atom is 0.414 e. The standard InChI is InChI=1S/C20H26N2O5/c1-20(2,3)27-19(25)22-17(23)15-11-7-8-12-16(15)21-18(24)26-13-14-9-5-4-6-10-14/h4-10,15-16H,11-13H2,1-3H3,(H,21,24)(H,22,23,25)/t15-,16+/m0/s1. The van der Waals surface area contributed by atoms with Gasteiger partial charge in [-0.3, -0.25) is 10.1 Å². The first-order valence-corrected chi connectivity index (χ1v) is 8.90. The van der Waals surface area contributed by atoms with E-state index in [1.54, 1.807) is 20.8 Å². The molecule has 0 spiro atoms. The first kappa shape index (κ1) is 20.5. The molecule has 1 aliphatic rings. The fourth-order valence-corrected chi connectivity index (χ4v) is 2.68. The van der Waals surface area contributed by atoms with Crippen molar-refractivity contribution in [2.75, 3.05) is 0 Å². The topological polar surface area (TPSA) is 93.7 Å². The van der Waals surface area contributed by atoms with Gasteiger partial charge in [0.15, 0.2) is 0 Å². The monoisotopic (exact) mass is 374 g/mol. The summed E-state index contributed by atoms with van der Waals surface area (Å²) in [6, 6.07) is 8.85. The number of amides is 3. The molecule has 1 aromatic rings. The molecule has 0 saturated carbocycles. The lowest BCUT2D eigenvalue weighted by atomic mass is 9.88. The number of rotatable bonds is 4. The molecule has 0 saturated heterocycles. The zero-order chi connectivity index (χ0) is 19.9. The van der Waals surface area contributed by atoms with Crippen LogP contribution >= 0.6 is 0 Å². The minimum absolute atomic E-state index is 0.143. The number of hydrogen-bond acceptors (Lipinski definition) is 5. The summed E-state index contributed by atoms with van der Waals surface area (Å²) in [7, 11) is 0. The number of carbonyl (C=O) groups is 3. The third kappa shape index (κ3) is 7.13. The Kier molecular flexibility index (Phi) is 6.98. The second kappa shape index (κ2) is 9.21. The first-order valence-electron chi connectivity index (χ1n) is 8.90. The average molecular weight is 374 g/mol. The van der Waals surface area contributed by atoms with Crippen LogP contribution in [0.15, 0.2) is 42.5 Å². The van der Waals surface area contributed by atoms with Crippen LogP contribution in [0.1, 0.15) is 39.2 Å². The van der Waals surface area contributed by atoms with Crippen molar-refractivity contribution >= 4 is 18.1 Å². The van der Waals surface area contributed by atoms with Gasteiger partial charge in [-0.15, -0.1) is 0 Å². The van der Waals surface area contributed by atoms with Crippen LogP contribution in [0, 0.1) is 5.92 Å². The third-order valence-corrected chi connectivity index (χ3v) is 3.91. The Labute approximate surface area is 159 Å². The molecule has 2 N–H and O–H groups in total. The Morgan fingerprint density at radius 2 is 1.70 bits per heavy atom. The van der Waals surface area contributed by atoms with Gasteiger partial charge in [-0.1, -0.05) is 42.5 Å². The predicted molar refractivity (Wildman–Crippen MR) is 99.8 cm³/mol. The Morgan fingerprint density at radius 1 is 1.04 bits per heavy atom. The summed E-state index contributed by atoms with van der Waals surface area (Å²) in [4.78, 5) is 36.3. The number of ether oxygens (including phenoxy) is 2. The van der Waals surface area contributed by atoms with Gasteiger partial charge in [0.25, 0.3) is 0 Å². The van der Waals surface area contributed by atoms with E-state index in [9.17, 15) is 14.4 Å². The molecule has 0 radical (unpaired) electrons. The van der Waals surface area contributed by atoms with Gasteiger partial charge in [-0.2, -0.15) is 0 Å². The van der Waals surface area contributed by atoms with Crippen LogP contribution in [0.5, 0.6) is 0 Å². The quantitative estimate of drug-likeness (QED) is 0.789. The summed E-state index contributed by atoms with van der Waals surface area (Å²) in [5, 5.41) is 4.96. The highest BCUT2D eigenvalue weighted by atomic mass is 16.6. The summed E-state index contributed by atoms with van der Waals surface area (Å²) < 4.78 is 10.3. The normalized spacial score (nSPS) is 19.1. The van der Waals surface area contributed by atoms with Gasteiger partial charge in [0.1, 0.15) is 12.2 Å². The lowest BCUT2D eigenvalue weighted by Crippen LogP contribution is -2.49. The number of carbonyl (C=O) groups excluding carboxylic acids is 3. The number of nitrogens with one attached hydrogen (secondary N) is 2. The van der Waals surface area contributed by atoms with Gasteiger partial charge in [-0.05, 0) is 39.2 Å². The van der Waals surface area contributed by atoms with Crippen molar-refractivity contribution in [2.24, 2.45) is 5.92 Å². The summed E-state index contributed by atoms with van der Waals surface area (Å²) in [5.74, 6) is -1.06. The average Bonchev–Trinajstić information content (AvgIpc) is 2.59. The molecule has 2 rings (SSSR count). The van der Waals surface area contributed by atoms with Crippen LogP contribution in [-0.2, 0) is 20.9 Å². The lowest BCUT2D eigenvalue weighted by molar-refractivity contribution is -0.125. The van der Waals surface area contributed by atoms with Crippen LogP contribution in [0.2, 0.25) is 0 Å². The highest BCUT2D eigenvalue weighted by molar-refractivity contribution is 5.94. The van der Waals surface area contributed by atoms with Gasteiger partial charge in [0.2, 0.25) is 5.91 Å². The summed E-state index contributed by atoms with van der Waals surface area (Å²) >= 11 is 0. The fourth-order valence-electron chi connectivity index (χ4n) is 2.68. The molecular formula is C20H26N2O5. The number of hydrogen-bond donors (Lipinski definition) is 2. The SMILES string of the molecule is CC(C)(C)OC(=O)NC(=O)[C@H]1CC=CC[C@H]1NC(=O)OCc1ccccc1. The molecule has 0 fully saturated rings. The molecule has 0 heterocycles. The molecule has 27 heavy (non-hydrogen) atoms. The molecule has 0 aliphatic heterocycles. The number of benzene rings is 1. The van der Waals surface area contributed by atoms with Crippen LogP contribution < -0.4 is 10.6 Å². The zero-order valence-electron chi connectivity index (χ0n) is 15.9. The molecule has 3 amide bonds. The smallest absolute Gasteiger partial charge is 0.414 e. The van der Waals surface area contributed by atoms with E-state index in [0.717, 1.165) is 5.56 Å². The van der Waals surface area contributed by atoms with Crippen molar-refractivity contribution in [3.8, 4) is 0 Å². The van der Waals surface area contributed by atoms with Crippen LogP contribution in [-0.4, -0.2) is 29.7 Å². The highest BCUT2D eigenvalue weighted by Gasteiger charge is 2.32. The lowest BCUT2D eigenvalue weighted by Gasteiger charge is -2.28. The van der Waals surface area contributed by atoms with Crippen molar-refractivity contribution in [1.82, 2.24) is 10.6 Å². The molecule has 1 aromatic carbocycles. The van der Waals surface area contributed by atoms with E-state index in [1.807, 2.05) is 42.5 Å². The molecular weight excluding hydrogens is 348 g/mol. The molecule has 0 bridgehead atoms. The molecule has 7 nitrogen and oxygen atoms in total. The van der Waals surface area contributed by atoms with E-state index in [4.69, 9.17) is 9.47 Å². The largest absolute Gasteiger partial charge is 0.445 e. The highest BCUT2D eigenvalue weighted by Crippen LogP contribution is 2.20. The third-order valence-electron chi connectivity index (χ3n) is 3.91. The van der Waals surface area contributed by atoms with E-state index in [2.05, 4.69) is 10.6 Å². The van der Waals surface area contributed by atoms with Crippen LogP contribution in [0.4, 0.5) is 9.59 Å². The summed E-state index contributed by atoms with van der Waals surface area (Å²) in [6.45, 7) is 5.29. The summed E-state index contributed by atoms with van der Waals surface area (Å²) in [5.41, 5.74) is 0.172. The van der Waals surface area contributed by atoms with Crippen molar-refractivity contribution in [3.63, 3.8) is 0 Å². The fraction of sp³-hybridized carbons (Fsp3) is 0.450. The Morgan fingerprint density at radius 3 is 2.37 bits per heavy atom. The van der Waals surface area contributed by atoms with Gasteiger partial charge >= 0.3 is 12.2 Å².